The summed E-state index contributed by atoms with van der Waals surface area (Å²) in [5, 5.41) is 11.7. The number of aryl methyl sites for hydroxylation is 2. The van der Waals surface area contributed by atoms with Crippen molar-refractivity contribution in [3.8, 4) is 11.5 Å². The Morgan fingerprint density at radius 1 is 1.07 bits per heavy atom. The number of benzene rings is 2. The zero-order valence-corrected chi connectivity index (χ0v) is 25.6. The molecular formula is C33H44N4O6. The van der Waals surface area contributed by atoms with Crippen molar-refractivity contribution in [2.24, 2.45) is 5.92 Å². The van der Waals surface area contributed by atoms with Gasteiger partial charge in [-0.3, -0.25) is 19.2 Å². The topological polar surface area (TPSA) is 135 Å². The molecule has 1 heterocycles. The average Bonchev–Trinajstić information content (AvgIpc) is 3.45. The molecule has 2 aromatic rings. The molecule has 0 bridgehead atoms. The largest absolute Gasteiger partial charge is 0.491 e. The Morgan fingerprint density at radius 3 is 2.53 bits per heavy atom. The Balaban J connectivity index is 1.51. The molecule has 0 aromatic heterocycles. The van der Waals surface area contributed by atoms with Crippen LogP contribution in [0.25, 0.3) is 0 Å². The van der Waals surface area contributed by atoms with Crippen LogP contribution < -0.4 is 30.7 Å². The van der Waals surface area contributed by atoms with E-state index < -0.39 is 23.4 Å². The Labute approximate surface area is 253 Å². The lowest BCUT2D eigenvalue weighted by Crippen LogP contribution is -2.60. The van der Waals surface area contributed by atoms with Crippen LogP contribution in [-0.2, 0) is 14.4 Å². The van der Waals surface area contributed by atoms with Gasteiger partial charge in [-0.2, -0.15) is 0 Å². The summed E-state index contributed by atoms with van der Waals surface area (Å²) in [6, 6.07) is 11.3. The highest BCUT2D eigenvalue weighted by Crippen LogP contribution is 2.31. The van der Waals surface area contributed by atoms with Crippen molar-refractivity contribution in [3.63, 3.8) is 0 Å². The molecule has 232 valence electrons. The summed E-state index contributed by atoms with van der Waals surface area (Å²) in [7, 11) is 0. The van der Waals surface area contributed by atoms with Gasteiger partial charge >= 0.3 is 0 Å². The maximum Gasteiger partial charge on any atom is 0.255 e. The summed E-state index contributed by atoms with van der Waals surface area (Å²) in [4.78, 5) is 53.5. The number of hydrogen-bond acceptors (Lipinski definition) is 6. The molecule has 4 amide bonds. The smallest absolute Gasteiger partial charge is 0.255 e. The second kappa shape index (κ2) is 14.4. The summed E-state index contributed by atoms with van der Waals surface area (Å²) in [6.45, 7) is 8.53. The van der Waals surface area contributed by atoms with Crippen molar-refractivity contribution in [3.05, 3.63) is 59.2 Å². The third-order valence-electron chi connectivity index (χ3n) is 8.21. The molecule has 0 unspecified atom stereocenters. The maximum atomic E-state index is 13.6. The minimum atomic E-state index is -1.01. The van der Waals surface area contributed by atoms with Crippen molar-refractivity contribution in [1.29, 1.82) is 0 Å². The first kappa shape index (κ1) is 31.8. The van der Waals surface area contributed by atoms with E-state index in [9.17, 15) is 19.2 Å². The first-order valence-corrected chi connectivity index (χ1v) is 15.2. The predicted octanol–water partition coefficient (Wildman–Crippen LogP) is 3.34. The van der Waals surface area contributed by atoms with E-state index in [1.165, 1.54) is 0 Å². The van der Waals surface area contributed by atoms with Gasteiger partial charge in [0.05, 0.1) is 18.2 Å². The van der Waals surface area contributed by atoms with E-state index in [0.29, 0.717) is 18.6 Å². The van der Waals surface area contributed by atoms with Crippen LogP contribution in [-0.4, -0.2) is 61.0 Å². The molecule has 10 nitrogen and oxygen atoms in total. The lowest BCUT2D eigenvalue weighted by atomic mass is 9.94. The van der Waals surface area contributed by atoms with Crippen LogP contribution in [0.1, 0.15) is 73.9 Å². The third kappa shape index (κ3) is 8.27. The van der Waals surface area contributed by atoms with Crippen LogP contribution in [0.3, 0.4) is 0 Å². The number of amides is 4. The SMILES string of the molecule is Cc1ccc(OCCNC(=O)[C@@H]2CCC(=O)NC3(CCCC3)C(=O)N[C@H](C(C)C)COc3ccccc3C(=O)N2)c(C)c1. The van der Waals surface area contributed by atoms with Crippen LogP contribution >= 0.6 is 0 Å². The summed E-state index contributed by atoms with van der Waals surface area (Å²) in [5.74, 6) is -0.357. The summed E-state index contributed by atoms with van der Waals surface area (Å²) >= 11 is 0. The molecule has 4 N–H and O–H groups in total. The van der Waals surface area contributed by atoms with Crippen molar-refractivity contribution >= 4 is 23.6 Å². The van der Waals surface area contributed by atoms with Gasteiger partial charge in [-0.1, -0.05) is 56.5 Å². The van der Waals surface area contributed by atoms with Gasteiger partial charge in [0, 0.05) is 6.42 Å². The van der Waals surface area contributed by atoms with Crippen molar-refractivity contribution < 1.29 is 28.7 Å². The van der Waals surface area contributed by atoms with Gasteiger partial charge in [0.15, 0.2) is 0 Å². The van der Waals surface area contributed by atoms with Crippen LogP contribution in [0.2, 0.25) is 0 Å². The molecule has 43 heavy (non-hydrogen) atoms. The lowest BCUT2D eigenvalue weighted by Gasteiger charge is -2.32. The molecular weight excluding hydrogens is 548 g/mol. The molecule has 10 heteroatoms. The first-order valence-electron chi connectivity index (χ1n) is 15.2. The Bertz CT molecular complexity index is 1320. The van der Waals surface area contributed by atoms with Gasteiger partial charge < -0.3 is 30.7 Å². The normalized spacial score (nSPS) is 21.0. The minimum absolute atomic E-state index is 0.0433. The molecule has 1 aliphatic heterocycles. The average molecular weight is 593 g/mol. The predicted molar refractivity (Wildman–Crippen MR) is 163 cm³/mol. The minimum Gasteiger partial charge on any atom is -0.491 e. The molecule has 0 saturated heterocycles. The van der Waals surface area contributed by atoms with Crippen molar-refractivity contribution in [2.75, 3.05) is 19.8 Å². The molecule has 2 aliphatic rings. The van der Waals surface area contributed by atoms with Crippen molar-refractivity contribution in [2.45, 2.75) is 83.8 Å². The van der Waals surface area contributed by atoms with E-state index in [-0.39, 0.29) is 61.9 Å². The third-order valence-corrected chi connectivity index (χ3v) is 8.21. The molecule has 1 aliphatic carbocycles. The van der Waals surface area contributed by atoms with E-state index in [2.05, 4.69) is 21.3 Å². The fourth-order valence-corrected chi connectivity index (χ4v) is 5.58. The molecule has 4 rings (SSSR count). The number of nitrogens with one attached hydrogen (secondary N) is 4. The van der Waals surface area contributed by atoms with E-state index in [0.717, 1.165) is 29.7 Å². The maximum absolute atomic E-state index is 13.6. The number of para-hydroxylation sites is 1. The number of carbonyl (C=O) groups excluding carboxylic acids is 4. The number of rotatable bonds is 6. The zero-order chi connectivity index (χ0) is 31.0. The summed E-state index contributed by atoms with van der Waals surface area (Å²) in [6.07, 6.45) is 2.75. The molecule has 1 fully saturated rings. The Kier molecular flexibility index (Phi) is 10.7. The zero-order valence-electron chi connectivity index (χ0n) is 25.6. The van der Waals surface area contributed by atoms with E-state index in [1.807, 2.05) is 45.9 Å². The van der Waals surface area contributed by atoms with Crippen LogP contribution in [0.5, 0.6) is 11.5 Å². The molecule has 1 saturated carbocycles. The highest BCUT2D eigenvalue weighted by atomic mass is 16.5. The fraction of sp³-hybridized carbons (Fsp3) is 0.515. The summed E-state index contributed by atoms with van der Waals surface area (Å²) < 4.78 is 11.9. The second-order valence-corrected chi connectivity index (χ2v) is 11.9. The first-order chi connectivity index (χ1) is 20.6. The Morgan fingerprint density at radius 2 is 1.81 bits per heavy atom. The molecule has 2 aromatic carbocycles. The van der Waals surface area contributed by atoms with Gasteiger partial charge in [0.1, 0.15) is 36.3 Å². The standard InChI is InChI=1S/C33H44N4O6/c1-21(2)26-20-43-28-10-6-5-9-24(28)30(39)35-25(12-14-29(38)37-33(32(41)36-26)15-7-8-16-33)31(40)34-17-18-42-27-13-11-22(3)19-23(27)4/h5-6,9-11,13,19,21,25-26H,7-8,12,14-18,20H2,1-4H3,(H,34,40)(H,35,39)(H,36,41)(H,37,38)/t25-,26-/m0/s1. The van der Waals surface area contributed by atoms with Crippen LogP contribution in [0.4, 0.5) is 0 Å². The number of ether oxygens (including phenoxy) is 2. The van der Waals surface area contributed by atoms with Gasteiger partial charge in [0.2, 0.25) is 17.7 Å². The monoisotopic (exact) mass is 592 g/mol. The number of fused-ring (bicyclic) bond motifs is 1. The highest BCUT2D eigenvalue weighted by molar-refractivity contribution is 6.00. The van der Waals surface area contributed by atoms with Gasteiger partial charge in [0.25, 0.3) is 5.91 Å². The molecule has 1 spiro atoms. The van der Waals surface area contributed by atoms with E-state index >= 15 is 0 Å². The van der Waals surface area contributed by atoms with Crippen LogP contribution in [0.15, 0.2) is 42.5 Å². The molecule has 0 radical (unpaired) electrons. The quantitative estimate of drug-likeness (QED) is 0.380. The lowest BCUT2D eigenvalue weighted by molar-refractivity contribution is -0.134. The number of hydrogen-bond donors (Lipinski definition) is 4. The van der Waals surface area contributed by atoms with Gasteiger partial charge in [-0.05, 0) is 62.8 Å². The fourth-order valence-electron chi connectivity index (χ4n) is 5.58. The summed E-state index contributed by atoms with van der Waals surface area (Å²) in [5.41, 5.74) is 1.39. The van der Waals surface area contributed by atoms with Gasteiger partial charge in [-0.15, -0.1) is 0 Å². The second-order valence-electron chi connectivity index (χ2n) is 11.9. The van der Waals surface area contributed by atoms with Crippen molar-refractivity contribution in [1.82, 2.24) is 21.3 Å². The highest BCUT2D eigenvalue weighted by Gasteiger charge is 2.43. The molecule has 2 atom stereocenters. The van der Waals surface area contributed by atoms with E-state index in [1.54, 1.807) is 24.3 Å². The number of carbonyl (C=O) groups is 4. The van der Waals surface area contributed by atoms with E-state index in [4.69, 9.17) is 9.47 Å². The van der Waals surface area contributed by atoms with Crippen LogP contribution in [0, 0.1) is 19.8 Å². The Hall–Kier alpha value is -4.08. The van der Waals surface area contributed by atoms with Gasteiger partial charge in [-0.25, -0.2) is 0 Å².